The van der Waals surface area contributed by atoms with E-state index in [4.69, 9.17) is 9.47 Å². The number of para-hydroxylation sites is 1. The molecular weight excluding hydrogens is 432 g/mol. The Morgan fingerprint density at radius 3 is 2.50 bits per heavy atom. The molecule has 2 aliphatic rings. The first-order valence-electron chi connectivity index (χ1n) is 10.0. The van der Waals surface area contributed by atoms with Gasteiger partial charge in [-0.1, -0.05) is 30.3 Å². The van der Waals surface area contributed by atoms with Gasteiger partial charge in [0.2, 0.25) is 5.91 Å². The quantitative estimate of drug-likeness (QED) is 0.679. The predicted octanol–water partition coefficient (Wildman–Crippen LogP) is 3.35. The summed E-state index contributed by atoms with van der Waals surface area (Å²) in [5, 5.41) is 2.90. The first-order valence-corrected chi connectivity index (χ1v) is 10.0. The van der Waals surface area contributed by atoms with E-state index in [1.54, 1.807) is 4.90 Å². The Kier molecular flexibility index (Phi) is 6.36. The molecule has 1 fully saturated rings. The molecule has 2 aromatic rings. The average Bonchev–Trinajstić information content (AvgIpc) is 2.72. The van der Waals surface area contributed by atoms with Gasteiger partial charge in [-0.3, -0.25) is 14.4 Å². The van der Waals surface area contributed by atoms with Crippen LogP contribution in [0.1, 0.15) is 23.3 Å². The van der Waals surface area contributed by atoms with Crippen molar-refractivity contribution < 1.29 is 36.6 Å². The molecule has 0 bridgehead atoms. The second-order valence-electron chi connectivity index (χ2n) is 7.71. The van der Waals surface area contributed by atoms with Crippen molar-refractivity contribution in [2.75, 3.05) is 26.8 Å². The SMILES string of the molecule is CO[C@H]1c2ccccc2OC[C@@H]1NC(=O)C(c1ccc(F)cc1)N1CC(OC(F)(F)F)C1. The molecule has 1 amide bonds. The van der Waals surface area contributed by atoms with Crippen LogP contribution in [0.2, 0.25) is 0 Å². The van der Waals surface area contributed by atoms with Crippen LogP contribution in [-0.4, -0.2) is 56.1 Å². The topological polar surface area (TPSA) is 60.0 Å². The lowest BCUT2D eigenvalue weighted by Crippen LogP contribution is -2.59. The number of nitrogens with one attached hydrogen (secondary N) is 1. The number of methoxy groups -OCH3 is 1. The number of hydrogen-bond acceptors (Lipinski definition) is 5. The van der Waals surface area contributed by atoms with Crippen molar-refractivity contribution in [3.05, 3.63) is 65.5 Å². The van der Waals surface area contributed by atoms with Crippen LogP contribution >= 0.6 is 0 Å². The van der Waals surface area contributed by atoms with Crippen molar-refractivity contribution in [3.63, 3.8) is 0 Å². The minimum Gasteiger partial charge on any atom is -0.491 e. The standard InChI is InChI=1S/C22H22F4N2O4/c1-30-20-16-4-2-3-5-18(16)31-12-17(20)27-21(29)19(13-6-8-14(23)9-7-13)28-10-15(11-28)32-22(24,25)26/h2-9,15,17,19-20H,10-12H2,1H3,(H,27,29)/t17-,19?,20-/m0/s1. The number of rotatable bonds is 6. The van der Waals surface area contributed by atoms with Gasteiger partial charge in [0.25, 0.3) is 0 Å². The fraction of sp³-hybridized carbons (Fsp3) is 0.409. The molecule has 2 aliphatic heterocycles. The minimum atomic E-state index is -4.75. The molecule has 2 heterocycles. The third kappa shape index (κ3) is 4.87. The van der Waals surface area contributed by atoms with Crippen molar-refractivity contribution >= 4 is 5.91 Å². The highest BCUT2D eigenvalue weighted by Crippen LogP contribution is 2.35. The number of amides is 1. The van der Waals surface area contributed by atoms with Gasteiger partial charge < -0.3 is 14.8 Å². The number of carbonyl (C=O) groups excluding carboxylic acids is 1. The molecule has 32 heavy (non-hydrogen) atoms. The van der Waals surface area contributed by atoms with Crippen LogP contribution in [0.15, 0.2) is 48.5 Å². The van der Waals surface area contributed by atoms with Gasteiger partial charge in [-0.25, -0.2) is 4.39 Å². The van der Waals surface area contributed by atoms with Crippen LogP contribution in [-0.2, 0) is 14.3 Å². The summed E-state index contributed by atoms with van der Waals surface area (Å²) in [5.41, 5.74) is 1.24. The molecule has 0 aliphatic carbocycles. The zero-order valence-corrected chi connectivity index (χ0v) is 17.1. The summed E-state index contributed by atoms with van der Waals surface area (Å²) >= 11 is 0. The van der Waals surface area contributed by atoms with Crippen LogP contribution in [0.25, 0.3) is 0 Å². The van der Waals surface area contributed by atoms with Crippen molar-refractivity contribution in [1.82, 2.24) is 10.2 Å². The van der Waals surface area contributed by atoms with E-state index in [0.29, 0.717) is 11.3 Å². The number of hydrogen-bond donors (Lipinski definition) is 1. The van der Waals surface area contributed by atoms with Crippen LogP contribution in [0.5, 0.6) is 5.75 Å². The molecule has 172 valence electrons. The summed E-state index contributed by atoms with van der Waals surface area (Å²) in [5.74, 6) is -0.265. The summed E-state index contributed by atoms with van der Waals surface area (Å²) in [7, 11) is 1.53. The van der Waals surface area contributed by atoms with E-state index in [9.17, 15) is 22.4 Å². The molecule has 4 rings (SSSR count). The van der Waals surface area contributed by atoms with Gasteiger partial charge in [0, 0.05) is 25.8 Å². The number of carbonyl (C=O) groups is 1. The van der Waals surface area contributed by atoms with Crippen molar-refractivity contribution in [2.45, 2.75) is 30.7 Å². The van der Waals surface area contributed by atoms with Gasteiger partial charge in [-0.15, -0.1) is 13.2 Å². The van der Waals surface area contributed by atoms with Crippen LogP contribution < -0.4 is 10.1 Å². The van der Waals surface area contributed by atoms with Crippen molar-refractivity contribution in [1.29, 1.82) is 0 Å². The molecular formula is C22H22F4N2O4. The Balaban J connectivity index is 1.51. The lowest BCUT2D eigenvalue weighted by atomic mass is 9.96. The monoisotopic (exact) mass is 454 g/mol. The third-order valence-electron chi connectivity index (χ3n) is 5.57. The summed E-state index contributed by atoms with van der Waals surface area (Å²) in [6.07, 6.45) is -6.28. The average molecular weight is 454 g/mol. The molecule has 0 radical (unpaired) electrons. The number of nitrogens with zero attached hydrogens (tertiary/aromatic N) is 1. The zero-order chi connectivity index (χ0) is 22.9. The highest BCUT2D eigenvalue weighted by molar-refractivity contribution is 5.83. The maximum atomic E-state index is 13.4. The van der Waals surface area contributed by atoms with Crippen LogP contribution in [0.4, 0.5) is 17.6 Å². The number of fused-ring (bicyclic) bond motifs is 1. The summed E-state index contributed by atoms with van der Waals surface area (Å²) in [4.78, 5) is 14.8. The molecule has 10 heteroatoms. The number of ether oxygens (including phenoxy) is 3. The molecule has 1 N–H and O–H groups in total. The van der Waals surface area contributed by atoms with Gasteiger partial charge in [0.15, 0.2) is 0 Å². The molecule has 1 saturated heterocycles. The maximum Gasteiger partial charge on any atom is 0.522 e. The van der Waals surface area contributed by atoms with E-state index in [-0.39, 0.29) is 19.7 Å². The lowest BCUT2D eigenvalue weighted by molar-refractivity contribution is -0.355. The number of benzene rings is 2. The van der Waals surface area contributed by atoms with E-state index in [2.05, 4.69) is 10.1 Å². The van der Waals surface area contributed by atoms with Crippen molar-refractivity contribution in [3.8, 4) is 5.75 Å². The summed E-state index contributed by atoms with van der Waals surface area (Å²) < 4.78 is 66.3. The van der Waals surface area contributed by atoms with Gasteiger partial charge in [0.05, 0.1) is 12.1 Å². The van der Waals surface area contributed by atoms with Gasteiger partial charge in [-0.2, -0.15) is 0 Å². The Morgan fingerprint density at radius 2 is 1.84 bits per heavy atom. The summed E-state index contributed by atoms with van der Waals surface area (Å²) in [6.45, 7) is -0.0173. The third-order valence-corrected chi connectivity index (χ3v) is 5.57. The van der Waals surface area contributed by atoms with Gasteiger partial charge in [-0.05, 0) is 23.8 Å². The normalized spacial score (nSPS) is 22.4. The van der Waals surface area contributed by atoms with Gasteiger partial charge in [0.1, 0.15) is 30.3 Å². The van der Waals surface area contributed by atoms with E-state index in [1.165, 1.54) is 31.4 Å². The van der Waals surface area contributed by atoms with Crippen LogP contribution in [0.3, 0.4) is 0 Å². The largest absolute Gasteiger partial charge is 0.522 e. The van der Waals surface area contributed by atoms with Crippen LogP contribution in [0, 0.1) is 5.82 Å². The summed E-state index contributed by atoms with van der Waals surface area (Å²) in [6, 6.07) is 11.2. The van der Waals surface area contributed by atoms with E-state index in [0.717, 1.165) is 5.56 Å². The first kappa shape index (κ1) is 22.5. The molecule has 0 saturated carbocycles. The fourth-order valence-electron chi connectivity index (χ4n) is 4.12. The van der Waals surface area contributed by atoms with E-state index in [1.807, 2.05) is 24.3 Å². The first-order chi connectivity index (χ1) is 15.2. The molecule has 2 aromatic carbocycles. The Labute approximate surface area is 182 Å². The smallest absolute Gasteiger partial charge is 0.491 e. The number of halogens is 4. The Bertz CT molecular complexity index is 948. The van der Waals surface area contributed by atoms with Crippen molar-refractivity contribution in [2.24, 2.45) is 0 Å². The predicted molar refractivity (Wildman–Crippen MR) is 105 cm³/mol. The molecule has 0 spiro atoms. The lowest BCUT2D eigenvalue weighted by Gasteiger charge is -2.44. The van der Waals surface area contributed by atoms with E-state index >= 15 is 0 Å². The molecule has 6 nitrogen and oxygen atoms in total. The molecule has 3 atom stereocenters. The Hall–Kier alpha value is -2.69. The second kappa shape index (κ2) is 9.05. The highest BCUT2D eigenvalue weighted by atomic mass is 19.4. The zero-order valence-electron chi connectivity index (χ0n) is 17.1. The number of alkyl halides is 3. The molecule has 0 aromatic heterocycles. The fourth-order valence-corrected chi connectivity index (χ4v) is 4.12. The van der Waals surface area contributed by atoms with E-state index < -0.39 is 42.4 Å². The maximum absolute atomic E-state index is 13.4. The minimum absolute atomic E-state index is 0.0906. The number of likely N-dealkylation sites (tertiary alicyclic amines) is 1. The Morgan fingerprint density at radius 1 is 1.16 bits per heavy atom. The highest BCUT2D eigenvalue weighted by Gasteiger charge is 2.44. The second-order valence-corrected chi connectivity index (χ2v) is 7.71. The van der Waals surface area contributed by atoms with Gasteiger partial charge >= 0.3 is 6.36 Å². The molecule has 1 unspecified atom stereocenters.